The van der Waals surface area contributed by atoms with Crippen molar-refractivity contribution < 1.29 is 19.0 Å². The Labute approximate surface area is 112 Å². The molecule has 1 unspecified atom stereocenters. The van der Waals surface area contributed by atoms with Gasteiger partial charge in [-0.25, -0.2) is 4.79 Å². The van der Waals surface area contributed by atoms with Crippen LogP contribution in [0.25, 0.3) is 0 Å². The third-order valence-electron chi connectivity index (χ3n) is 3.09. The lowest BCUT2D eigenvalue weighted by Crippen LogP contribution is -2.34. The van der Waals surface area contributed by atoms with Gasteiger partial charge in [-0.1, -0.05) is 18.2 Å². The second kappa shape index (κ2) is 5.19. The van der Waals surface area contributed by atoms with Gasteiger partial charge in [0.05, 0.1) is 7.11 Å². The molecule has 2 rings (SSSR count). The predicted molar refractivity (Wildman–Crippen MR) is 70.4 cm³/mol. The largest absolute Gasteiger partial charge is 0.467 e. The van der Waals surface area contributed by atoms with Crippen LogP contribution in [0.1, 0.15) is 19.4 Å². The molecule has 1 aliphatic rings. The molecule has 19 heavy (non-hydrogen) atoms. The van der Waals surface area contributed by atoms with Gasteiger partial charge in [0, 0.05) is 12.1 Å². The Bertz CT molecular complexity index is 472. The maximum atomic E-state index is 11.7. The summed E-state index contributed by atoms with van der Waals surface area (Å²) in [6, 6.07) is 7.51. The van der Waals surface area contributed by atoms with Gasteiger partial charge >= 0.3 is 5.97 Å². The highest BCUT2D eigenvalue weighted by atomic mass is 16.8. The molecular formula is C14H19NO4. The van der Waals surface area contributed by atoms with Crippen LogP contribution in [0.2, 0.25) is 0 Å². The zero-order valence-electron chi connectivity index (χ0n) is 11.4. The molecule has 5 nitrogen and oxygen atoms in total. The molecule has 1 aliphatic heterocycles. The van der Waals surface area contributed by atoms with E-state index in [9.17, 15) is 4.79 Å². The number of anilines is 1. The zero-order valence-corrected chi connectivity index (χ0v) is 11.4. The van der Waals surface area contributed by atoms with Crippen molar-refractivity contribution in [2.45, 2.75) is 38.3 Å². The topological polar surface area (TPSA) is 70.8 Å². The molecule has 0 aromatic heterocycles. The summed E-state index contributed by atoms with van der Waals surface area (Å²) in [6.07, 6.45) is -0.609. The highest BCUT2D eigenvalue weighted by molar-refractivity contribution is 5.75. The van der Waals surface area contributed by atoms with Gasteiger partial charge in [0.2, 0.25) is 0 Å². The number of para-hydroxylation sites is 1. The maximum Gasteiger partial charge on any atom is 0.337 e. The van der Waals surface area contributed by atoms with Gasteiger partial charge in [-0.2, -0.15) is 0 Å². The number of esters is 1. The fourth-order valence-corrected chi connectivity index (χ4v) is 2.24. The van der Waals surface area contributed by atoms with E-state index in [4.69, 9.17) is 19.9 Å². The molecule has 2 atom stereocenters. The Morgan fingerprint density at radius 3 is 2.68 bits per heavy atom. The Hall–Kier alpha value is -1.59. The van der Waals surface area contributed by atoms with Gasteiger partial charge in [-0.05, 0) is 25.5 Å². The molecule has 0 spiro atoms. The number of hydrogen-bond acceptors (Lipinski definition) is 5. The van der Waals surface area contributed by atoms with E-state index < -0.39 is 24.0 Å². The maximum absolute atomic E-state index is 11.7. The summed E-state index contributed by atoms with van der Waals surface area (Å²) in [4.78, 5) is 11.7. The molecule has 0 aliphatic carbocycles. The quantitative estimate of drug-likeness (QED) is 0.662. The van der Waals surface area contributed by atoms with Crippen molar-refractivity contribution in [3.63, 3.8) is 0 Å². The van der Waals surface area contributed by atoms with E-state index >= 15 is 0 Å². The third-order valence-corrected chi connectivity index (χ3v) is 3.09. The number of carbonyl (C=O) groups is 1. The van der Waals surface area contributed by atoms with Gasteiger partial charge in [-0.15, -0.1) is 0 Å². The Morgan fingerprint density at radius 1 is 1.37 bits per heavy atom. The van der Waals surface area contributed by atoms with Crippen molar-refractivity contribution in [2.24, 2.45) is 0 Å². The Kier molecular flexibility index (Phi) is 3.78. The molecule has 1 aromatic rings. The number of hydrogen-bond donors (Lipinski definition) is 1. The second-order valence-electron chi connectivity index (χ2n) is 5.02. The normalized spacial score (nSPS) is 25.2. The number of nitrogen functional groups attached to an aromatic ring is 1. The van der Waals surface area contributed by atoms with Gasteiger partial charge in [0.1, 0.15) is 6.10 Å². The first kappa shape index (κ1) is 13.8. The highest BCUT2D eigenvalue weighted by Crippen LogP contribution is 2.31. The van der Waals surface area contributed by atoms with Crippen LogP contribution in [0.4, 0.5) is 5.69 Å². The fraction of sp³-hybridized carbons (Fsp3) is 0.500. The van der Waals surface area contributed by atoms with Gasteiger partial charge in [-0.3, -0.25) is 0 Å². The number of carbonyl (C=O) groups excluding carboxylic acids is 1. The van der Waals surface area contributed by atoms with Crippen molar-refractivity contribution in [3.8, 4) is 0 Å². The first-order chi connectivity index (χ1) is 8.93. The van der Waals surface area contributed by atoms with Crippen molar-refractivity contribution in [1.29, 1.82) is 0 Å². The van der Waals surface area contributed by atoms with Crippen molar-refractivity contribution in [1.82, 2.24) is 0 Å². The molecule has 104 valence electrons. The molecule has 0 radical (unpaired) electrons. The van der Waals surface area contributed by atoms with Gasteiger partial charge in [0.25, 0.3) is 0 Å². The van der Waals surface area contributed by atoms with E-state index in [-0.39, 0.29) is 0 Å². The van der Waals surface area contributed by atoms with Crippen LogP contribution >= 0.6 is 0 Å². The molecule has 0 saturated carbocycles. The minimum absolute atomic E-state index is 0.396. The highest BCUT2D eigenvalue weighted by Gasteiger charge is 2.45. The summed E-state index contributed by atoms with van der Waals surface area (Å²) >= 11 is 0. The number of methoxy groups -OCH3 is 1. The standard InChI is InChI=1S/C14H19NO4/c1-14(2)18-11(12(19-14)13(16)17-3)8-9-6-4-5-7-10(9)15/h4-7,11-12H,8,15H2,1-3H3/t11?,12-/m1/s1. The lowest BCUT2D eigenvalue weighted by atomic mass is 10.0. The summed E-state index contributed by atoms with van der Waals surface area (Å²) in [7, 11) is 1.34. The van der Waals surface area contributed by atoms with E-state index in [0.29, 0.717) is 12.1 Å². The smallest absolute Gasteiger partial charge is 0.337 e. The lowest BCUT2D eigenvalue weighted by molar-refractivity contribution is -0.168. The second-order valence-corrected chi connectivity index (χ2v) is 5.02. The SMILES string of the molecule is COC(=O)[C@@H]1OC(C)(C)OC1Cc1ccccc1N. The van der Waals surface area contributed by atoms with Crippen LogP contribution in [0.15, 0.2) is 24.3 Å². The van der Waals surface area contributed by atoms with Gasteiger partial charge < -0.3 is 19.9 Å². The lowest BCUT2D eigenvalue weighted by Gasteiger charge is -2.17. The summed E-state index contributed by atoms with van der Waals surface area (Å²) < 4.78 is 16.1. The number of benzene rings is 1. The number of ether oxygens (including phenoxy) is 3. The first-order valence-corrected chi connectivity index (χ1v) is 6.20. The Morgan fingerprint density at radius 2 is 2.05 bits per heavy atom. The molecule has 5 heteroatoms. The van der Waals surface area contributed by atoms with E-state index in [1.54, 1.807) is 13.8 Å². The molecule has 2 N–H and O–H groups in total. The summed E-state index contributed by atoms with van der Waals surface area (Å²) in [6.45, 7) is 3.55. The fourth-order valence-electron chi connectivity index (χ4n) is 2.24. The number of nitrogens with two attached hydrogens (primary N) is 1. The molecule has 1 fully saturated rings. The summed E-state index contributed by atoms with van der Waals surface area (Å²) in [5.74, 6) is -1.22. The zero-order chi connectivity index (χ0) is 14.0. The van der Waals surface area contributed by atoms with E-state index in [2.05, 4.69) is 0 Å². The van der Waals surface area contributed by atoms with Crippen LogP contribution in [-0.4, -0.2) is 31.1 Å². The molecular weight excluding hydrogens is 246 g/mol. The van der Waals surface area contributed by atoms with E-state index in [0.717, 1.165) is 5.56 Å². The van der Waals surface area contributed by atoms with Crippen LogP contribution in [0, 0.1) is 0 Å². The first-order valence-electron chi connectivity index (χ1n) is 6.20. The van der Waals surface area contributed by atoms with E-state index in [1.807, 2.05) is 24.3 Å². The summed E-state index contributed by atoms with van der Waals surface area (Å²) in [5.41, 5.74) is 7.52. The third kappa shape index (κ3) is 3.05. The van der Waals surface area contributed by atoms with Crippen LogP contribution in [-0.2, 0) is 25.4 Å². The van der Waals surface area contributed by atoms with E-state index in [1.165, 1.54) is 7.11 Å². The molecule has 1 heterocycles. The van der Waals surface area contributed by atoms with Crippen LogP contribution in [0.5, 0.6) is 0 Å². The number of rotatable bonds is 3. The van der Waals surface area contributed by atoms with Crippen LogP contribution in [0.3, 0.4) is 0 Å². The van der Waals surface area contributed by atoms with Crippen molar-refractivity contribution in [2.75, 3.05) is 12.8 Å². The average Bonchev–Trinajstić information content (AvgIpc) is 2.66. The Balaban J connectivity index is 2.18. The molecule has 0 amide bonds. The monoisotopic (exact) mass is 265 g/mol. The summed E-state index contributed by atoms with van der Waals surface area (Å²) in [5, 5.41) is 0. The van der Waals surface area contributed by atoms with Crippen LogP contribution < -0.4 is 5.73 Å². The average molecular weight is 265 g/mol. The molecule has 1 saturated heterocycles. The van der Waals surface area contributed by atoms with Crippen molar-refractivity contribution >= 4 is 11.7 Å². The molecule has 1 aromatic carbocycles. The minimum atomic E-state index is -0.799. The van der Waals surface area contributed by atoms with Crippen molar-refractivity contribution in [3.05, 3.63) is 29.8 Å². The minimum Gasteiger partial charge on any atom is -0.467 e. The van der Waals surface area contributed by atoms with Gasteiger partial charge in [0.15, 0.2) is 11.9 Å². The predicted octanol–water partition coefficient (Wildman–Crippen LogP) is 1.50. The molecule has 0 bridgehead atoms.